The average Bonchev–Trinajstić information content (AvgIpc) is 2.55. The molecule has 132 valence electrons. The molecule has 0 bridgehead atoms. The molecule has 1 aliphatic rings. The van der Waals surface area contributed by atoms with E-state index in [4.69, 9.17) is 24.5 Å². The van der Waals surface area contributed by atoms with Crippen LogP contribution in [0.5, 0.6) is 0 Å². The number of benzene rings is 1. The highest BCUT2D eigenvalue weighted by Crippen LogP contribution is 2.33. The van der Waals surface area contributed by atoms with Gasteiger partial charge in [0.2, 0.25) is 0 Å². The van der Waals surface area contributed by atoms with Gasteiger partial charge in [0, 0.05) is 6.54 Å². The summed E-state index contributed by atoms with van der Waals surface area (Å²) in [5.41, 5.74) is 1.01. The Labute approximate surface area is 138 Å². The number of halogens is 1. The third-order valence-corrected chi connectivity index (χ3v) is 3.80. The number of carboxylic acid groups (broad SMARTS) is 2. The molecule has 0 aliphatic carbocycles. The van der Waals surface area contributed by atoms with E-state index in [1.165, 1.54) is 19.2 Å². The fraction of sp³-hybridized carbons (Fsp3) is 0.438. The number of hydrogen-bond donors (Lipinski definition) is 2. The van der Waals surface area contributed by atoms with Crippen molar-refractivity contribution in [2.24, 2.45) is 5.92 Å². The van der Waals surface area contributed by atoms with Crippen LogP contribution in [0.4, 0.5) is 4.39 Å². The number of carbonyl (C=O) groups excluding carboxylic acids is 1. The van der Waals surface area contributed by atoms with E-state index >= 15 is 0 Å². The third kappa shape index (κ3) is 5.62. The minimum Gasteiger partial charge on any atom is -0.473 e. The van der Waals surface area contributed by atoms with Crippen molar-refractivity contribution in [1.82, 2.24) is 4.90 Å². The van der Waals surface area contributed by atoms with Crippen molar-refractivity contribution in [3.05, 3.63) is 35.6 Å². The molecular formula is C16H20FNO6. The molecular weight excluding hydrogens is 321 g/mol. The molecule has 1 saturated heterocycles. The lowest BCUT2D eigenvalue weighted by atomic mass is 9.80. The summed E-state index contributed by atoms with van der Waals surface area (Å²) in [4.78, 5) is 32.2. The number of carbonyl (C=O) groups is 3. The Morgan fingerprint density at radius 3 is 2.17 bits per heavy atom. The van der Waals surface area contributed by atoms with Crippen molar-refractivity contribution in [3.8, 4) is 0 Å². The lowest BCUT2D eigenvalue weighted by molar-refractivity contribution is -0.159. The molecule has 2 N–H and O–H groups in total. The van der Waals surface area contributed by atoms with Gasteiger partial charge in [0.1, 0.15) is 5.82 Å². The van der Waals surface area contributed by atoms with Crippen LogP contribution in [-0.2, 0) is 19.1 Å². The van der Waals surface area contributed by atoms with Crippen LogP contribution in [0.2, 0.25) is 0 Å². The second-order valence-corrected chi connectivity index (χ2v) is 5.45. The molecule has 24 heavy (non-hydrogen) atoms. The molecule has 7 nitrogen and oxygen atoms in total. The highest BCUT2D eigenvalue weighted by Gasteiger charge is 2.34. The van der Waals surface area contributed by atoms with E-state index < -0.39 is 11.9 Å². The van der Waals surface area contributed by atoms with Crippen molar-refractivity contribution in [2.45, 2.75) is 12.3 Å². The molecule has 1 heterocycles. The van der Waals surface area contributed by atoms with Gasteiger partial charge in [-0.1, -0.05) is 12.1 Å². The second kappa shape index (κ2) is 8.97. The minimum atomic E-state index is -1.82. The van der Waals surface area contributed by atoms with Crippen molar-refractivity contribution >= 4 is 17.9 Å². The van der Waals surface area contributed by atoms with Crippen LogP contribution in [0.1, 0.15) is 17.9 Å². The summed E-state index contributed by atoms with van der Waals surface area (Å²) >= 11 is 0. The van der Waals surface area contributed by atoms with Gasteiger partial charge in [-0.15, -0.1) is 0 Å². The topological polar surface area (TPSA) is 104 Å². The van der Waals surface area contributed by atoms with Gasteiger partial charge in [-0.3, -0.25) is 4.79 Å². The molecule has 1 aliphatic heterocycles. The molecule has 0 radical (unpaired) electrons. The van der Waals surface area contributed by atoms with Crippen LogP contribution in [0.15, 0.2) is 24.3 Å². The predicted molar refractivity (Wildman–Crippen MR) is 82.0 cm³/mol. The molecule has 0 saturated carbocycles. The van der Waals surface area contributed by atoms with E-state index in [9.17, 15) is 9.18 Å². The maximum Gasteiger partial charge on any atom is 0.414 e. The highest BCUT2D eigenvalue weighted by molar-refractivity contribution is 6.27. The number of ether oxygens (including phenoxy) is 1. The van der Waals surface area contributed by atoms with Crippen LogP contribution >= 0.6 is 0 Å². The number of rotatable bonds is 2. The molecule has 0 aromatic heterocycles. The normalized spacial score (nSPS) is 20.5. The molecule has 0 unspecified atom stereocenters. The summed E-state index contributed by atoms with van der Waals surface area (Å²) in [5.74, 6) is -4.13. The molecule has 2 atom stereocenters. The fourth-order valence-electron chi connectivity index (χ4n) is 2.61. The lowest BCUT2D eigenvalue weighted by Gasteiger charge is -2.35. The van der Waals surface area contributed by atoms with Gasteiger partial charge < -0.3 is 19.8 Å². The number of methoxy groups -OCH3 is 1. The maximum atomic E-state index is 12.9. The zero-order valence-electron chi connectivity index (χ0n) is 13.4. The third-order valence-electron chi connectivity index (χ3n) is 3.80. The van der Waals surface area contributed by atoms with Crippen LogP contribution in [0, 0.1) is 11.7 Å². The summed E-state index contributed by atoms with van der Waals surface area (Å²) in [5, 5.41) is 14.8. The molecule has 0 spiro atoms. The maximum absolute atomic E-state index is 12.9. The van der Waals surface area contributed by atoms with Crippen molar-refractivity contribution < 1.29 is 33.7 Å². The summed E-state index contributed by atoms with van der Waals surface area (Å²) < 4.78 is 17.8. The first-order valence-corrected chi connectivity index (χ1v) is 7.24. The Balaban J connectivity index is 0.000000413. The van der Waals surface area contributed by atoms with Crippen LogP contribution in [0.3, 0.4) is 0 Å². The number of likely N-dealkylation sites (tertiary alicyclic amines) is 1. The Hall–Kier alpha value is -2.48. The van der Waals surface area contributed by atoms with Crippen LogP contribution in [-0.4, -0.2) is 60.3 Å². The van der Waals surface area contributed by atoms with Gasteiger partial charge >= 0.3 is 17.9 Å². The lowest BCUT2D eigenvalue weighted by Crippen LogP contribution is -2.41. The average molecular weight is 341 g/mol. The van der Waals surface area contributed by atoms with E-state index in [0.717, 1.165) is 18.5 Å². The highest BCUT2D eigenvalue weighted by atomic mass is 19.1. The second-order valence-electron chi connectivity index (χ2n) is 5.45. The summed E-state index contributed by atoms with van der Waals surface area (Å²) in [6, 6.07) is 6.42. The molecule has 1 fully saturated rings. The largest absolute Gasteiger partial charge is 0.473 e. The van der Waals surface area contributed by atoms with Crippen molar-refractivity contribution in [2.75, 3.05) is 27.2 Å². The van der Waals surface area contributed by atoms with Crippen molar-refractivity contribution in [3.63, 3.8) is 0 Å². The number of carboxylic acids is 2. The Bertz CT molecular complexity index is 577. The molecule has 1 aromatic carbocycles. The van der Waals surface area contributed by atoms with Gasteiger partial charge in [0.05, 0.1) is 13.0 Å². The number of piperidine rings is 1. The summed E-state index contributed by atoms with van der Waals surface area (Å²) in [7, 11) is 3.41. The number of aliphatic carboxylic acids is 2. The van der Waals surface area contributed by atoms with Crippen LogP contribution < -0.4 is 0 Å². The van der Waals surface area contributed by atoms with Gasteiger partial charge in [-0.2, -0.15) is 0 Å². The molecule has 1 aromatic rings. The van der Waals surface area contributed by atoms with Gasteiger partial charge in [0.15, 0.2) is 0 Å². The van der Waals surface area contributed by atoms with Gasteiger partial charge in [-0.05, 0) is 43.6 Å². The molecule has 8 heteroatoms. The summed E-state index contributed by atoms with van der Waals surface area (Å²) in [6.07, 6.45) is 0.891. The first kappa shape index (κ1) is 19.6. The zero-order chi connectivity index (χ0) is 18.3. The smallest absolute Gasteiger partial charge is 0.414 e. The standard InChI is InChI=1S/C14H18FNO2.C2H2O4/c1-16-8-7-12(13(9-16)14(17)18-2)10-3-5-11(15)6-4-10;3-1(4)2(5)6/h3-6,12-13H,7-9H2,1-2H3;(H,3,4)(H,5,6)/t12-,13+;/m0./s1. The van der Waals surface area contributed by atoms with Crippen LogP contribution in [0.25, 0.3) is 0 Å². The first-order chi connectivity index (χ1) is 11.3. The van der Waals surface area contributed by atoms with E-state index in [1.807, 2.05) is 7.05 Å². The molecule has 0 amide bonds. The molecule has 2 rings (SSSR count). The SMILES string of the molecule is COC(=O)[C@@H]1CN(C)CC[C@H]1c1ccc(F)cc1.O=C(O)C(=O)O. The Morgan fingerprint density at radius 1 is 1.17 bits per heavy atom. The van der Waals surface area contributed by atoms with E-state index in [0.29, 0.717) is 6.54 Å². The van der Waals surface area contributed by atoms with E-state index in [-0.39, 0.29) is 23.6 Å². The zero-order valence-corrected chi connectivity index (χ0v) is 13.4. The Kier molecular flexibility index (Phi) is 7.31. The number of esters is 1. The summed E-state index contributed by atoms with van der Waals surface area (Å²) in [6.45, 7) is 1.63. The van der Waals surface area contributed by atoms with E-state index in [2.05, 4.69) is 4.90 Å². The predicted octanol–water partition coefficient (Wildman–Crippen LogP) is 1.19. The minimum absolute atomic E-state index is 0.120. The van der Waals surface area contributed by atoms with Crippen molar-refractivity contribution in [1.29, 1.82) is 0 Å². The van der Waals surface area contributed by atoms with E-state index in [1.54, 1.807) is 12.1 Å². The van der Waals surface area contributed by atoms with Gasteiger partial charge in [-0.25, -0.2) is 14.0 Å². The Morgan fingerprint density at radius 2 is 1.71 bits per heavy atom. The fourth-order valence-corrected chi connectivity index (χ4v) is 2.61. The van der Waals surface area contributed by atoms with Gasteiger partial charge in [0.25, 0.3) is 0 Å². The monoisotopic (exact) mass is 341 g/mol. The number of hydrogen-bond acceptors (Lipinski definition) is 5. The quantitative estimate of drug-likeness (QED) is 0.615. The first-order valence-electron chi connectivity index (χ1n) is 7.24. The number of nitrogens with zero attached hydrogens (tertiary/aromatic N) is 1.